The van der Waals surface area contributed by atoms with Gasteiger partial charge in [-0.1, -0.05) is 29.8 Å². The van der Waals surface area contributed by atoms with E-state index in [2.05, 4.69) is 0 Å². The van der Waals surface area contributed by atoms with Gasteiger partial charge in [0.25, 0.3) is 0 Å². The predicted octanol–water partition coefficient (Wildman–Crippen LogP) is 2.56. The SMILES string of the molecule is N#CCCCS(=O)(=O)Cc1ccccc1Cl. The van der Waals surface area contributed by atoms with Gasteiger partial charge in [0.05, 0.1) is 17.6 Å². The fourth-order valence-electron chi connectivity index (χ4n) is 1.30. The van der Waals surface area contributed by atoms with Crippen molar-refractivity contribution in [2.24, 2.45) is 0 Å². The minimum absolute atomic E-state index is 0.0335. The second-order valence-corrected chi connectivity index (χ2v) is 6.04. The molecule has 0 bridgehead atoms. The number of nitrogens with zero attached hydrogens (tertiary/aromatic N) is 1. The van der Waals surface area contributed by atoms with E-state index >= 15 is 0 Å². The maximum absolute atomic E-state index is 11.7. The van der Waals surface area contributed by atoms with Crippen LogP contribution in [0.4, 0.5) is 0 Å². The third-order valence-corrected chi connectivity index (χ3v) is 4.11. The summed E-state index contributed by atoms with van der Waals surface area (Å²) in [5, 5.41) is 8.80. The van der Waals surface area contributed by atoms with Gasteiger partial charge in [-0.3, -0.25) is 0 Å². The van der Waals surface area contributed by atoms with E-state index < -0.39 is 9.84 Å². The molecule has 0 aliphatic heterocycles. The zero-order valence-corrected chi connectivity index (χ0v) is 10.3. The van der Waals surface area contributed by atoms with Crippen molar-refractivity contribution < 1.29 is 8.42 Å². The molecule has 0 saturated heterocycles. The number of hydrogen-bond donors (Lipinski definition) is 0. The maximum Gasteiger partial charge on any atom is 0.154 e. The van der Waals surface area contributed by atoms with Crippen molar-refractivity contribution in [3.8, 4) is 6.07 Å². The lowest BCUT2D eigenvalue weighted by Gasteiger charge is -2.04. The number of nitriles is 1. The summed E-state index contributed by atoms with van der Waals surface area (Å²) in [5.74, 6) is -0.0239. The van der Waals surface area contributed by atoms with Gasteiger partial charge in [0.2, 0.25) is 0 Å². The number of sulfone groups is 1. The number of benzene rings is 1. The second kappa shape index (κ2) is 5.88. The highest BCUT2D eigenvalue weighted by Gasteiger charge is 2.13. The van der Waals surface area contributed by atoms with E-state index in [1.54, 1.807) is 24.3 Å². The standard InChI is InChI=1S/C11H12ClNO2S/c12-11-6-2-1-5-10(11)9-16(14,15)8-4-3-7-13/h1-2,5-6H,3-4,8-9H2. The van der Waals surface area contributed by atoms with Gasteiger partial charge in [0, 0.05) is 11.4 Å². The monoisotopic (exact) mass is 257 g/mol. The summed E-state index contributed by atoms with van der Waals surface area (Å²) in [6.45, 7) is 0. The molecule has 5 heteroatoms. The van der Waals surface area contributed by atoms with Crippen LogP contribution in [0.2, 0.25) is 5.02 Å². The number of hydrogen-bond acceptors (Lipinski definition) is 3. The topological polar surface area (TPSA) is 57.9 Å². The Morgan fingerprint density at radius 3 is 2.62 bits per heavy atom. The van der Waals surface area contributed by atoms with E-state index in [0.29, 0.717) is 17.0 Å². The van der Waals surface area contributed by atoms with Crippen molar-refractivity contribution in [1.29, 1.82) is 5.26 Å². The van der Waals surface area contributed by atoms with Gasteiger partial charge < -0.3 is 0 Å². The molecule has 0 aliphatic rings. The molecule has 0 saturated carbocycles. The van der Waals surface area contributed by atoms with Crippen molar-refractivity contribution in [1.82, 2.24) is 0 Å². The highest BCUT2D eigenvalue weighted by Crippen LogP contribution is 2.18. The molecule has 0 amide bonds. The number of unbranched alkanes of at least 4 members (excludes halogenated alkanes) is 1. The molecular formula is C11H12ClNO2S. The summed E-state index contributed by atoms with van der Waals surface area (Å²) in [7, 11) is -3.16. The van der Waals surface area contributed by atoms with Crippen LogP contribution in [-0.4, -0.2) is 14.2 Å². The van der Waals surface area contributed by atoms with Crippen LogP contribution in [0.25, 0.3) is 0 Å². The average Bonchev–Trinajstić information content (AvgIpc) is 2.21. The van der Waals surface area contributed by atoms with Crippen LogP contribution in [0.5, 0.6) is 0 Å². The predicted molar refractivity (Wildman–Crippen MR) is 63.8 cm³/mol. The normalized spacial score (nSPS) is 11.0. The van der Waals surface area contributed by atoms with Crippen molar-refractivity contribution >= 4 is 21.4 Å². The van der Waals surface area contributed by atoms with E-state index in [4.69, 9.17) is 16.9 Å². The summed E-state index contributed by atoms with van der Waals surface area (Å²) in [6.07, 6.45) is 0.644. The first kappa shape index (κ1) is 13.0. The molecule has 0 aliphatic carbocycles. The number of halogens is 1. The Hall–Kier alpha value is -1.05. The molecule has 0 aromatic heterocycles. The summed E-state index contributed by atoms with van der Waals surface area (Å²) in [5.41, 5.74) is 0.612. The van der Waals surface area contributed by atoms with Crippen molar-refractivity contribution in [3.05, 3.63) is 34.9 Å². The summed E-state index contributed by atoms with van der Waals surface area (Å²) >= 11 is 5.87. The van der Waals surface area contributed by atoms with Crippen molar-refractivity contribution in [2.45, 2.75) is 18.6 Å². The van der Waals surface area contributed by atoms with Crippen molar-refractivity contribution in [3.63, 3.8) is 0 Å². The molecule has 0 N–H and O–H groups in total. The lowest BCUT2D eigenvalue weighted by Crippen LogP contribution is -2.09. The Morgan fingerprint density at radius 1 is 1.31 bits per heavy atom. The molecular weight excluding hydrogens is 246 g/mol. The Balaban J connectivity index is 2.67. The van der Waals surface area contributed by atoms with Gasteiger partial charge in [-0.25, -0.2) is 8.42 Å². The Bertz CT molecular complexity index is 491. The highest BCUT2D eigenvalue weighted by molar-refractivity contribution is 7.90. The lowest BCUT2D eigenvalue weighted by molar-refractivity contribution is 0.593. The molecule has 0 radical (unpaired) electrons. The van der Waals surface area contributed by atoms with E-state index in [9.17, 15) is 8.42 Å². The van der Waals surface area contributed by atoms with Crippen molar-refractivity contribution in [2.75, 3.05) is 5.75 Å². The Labute approximate surface area is 101 Å². The van der Waals surface area contributed by atoms with E-state index in [1.165, 1.54) is 0 Å². The van der Waals surface area contributed by atoms with Gasteiger partial charge in [-0.2, -0.15) is 5.26 Å². The van der Waals surface area contributed by atoms with Crippen LogP contribution in [0.15, 0.2) is 24.3 Å². The molecule has 0 heterocycles. The average molecular weight is 258 g/mol. The molecule has 1 aromatic carbocycles. The molecule has 0 atom stereocenters. The third kappa shape index (κ3) is 4.21. The second-order valence-electron chi connectivity index (χ2n) is 3.45. The fraction of sp³-hybridized carbons (Fsp3) is 0.364. The summed E-state index contributed by atoms with van der Waals surface area (Å²) in [6, 6.07) is 8.81. The Kier molecular flexibility index (Phi) is 4.78. The van der Waals surface area contributed by atoms with Crippen LogP contribution in [-0.2, 0) is 15.6 Å². The molecule has 0 fully saturated rings. The first-order chi connectivity index (χ1) is 7.55. The van der Waals surface area contributed by atoms with E-state index in [0.717, 1.165) is 0 Å². The third-order valence-electron chi connectivity index (χ3n) is 2.08. The summed E-state index contributed by atoms with van der Waals surface area (Å²) in [4.78, 5) is 0. The molecule has 16 heavy (non-hydrogen) atoms. The van der Waals surface area contributed by atoms with E-state index in [-0.39, 0.29) is 17.9 Å². The van der Waals surface area contributed by atoms with Gasteiger partial charge in [0.15, 0.2) is 9.84 Å². The van der Waals surface area contributed by atoms with Crippen LogP contribution in [0.3, 0.4) is 0 Å². The fourth-order valence-corrected chi connectivity index (χ4v) is 3.03. The molecule has 1 rings (SSSR count). The van der Waals surface area contributed by atoms with Gasteiger partial charge in [-0.05, 0) is 18.1 Å². The van der Waals surface area contributed by atoms with Gasteiger partial charge in [0.1, 0.15) is 0 Å². The summed E-state index contributed by atoms with van der Waals surface area (Å²) < 4.78 is 23.3. The first-order valence-electron chi connectivity index (χ1n) is 4.86. The number of rotatable bonds is 5. The minimum Gasteiger partial charge on any atom is -0.228 e. The largest absolute Gasteiger partial charge is 0.228 e. The molecule has 0 unspecified atom stereocenters. The minimum atomic E-state index is -3.16. The van der Waals surface area contributed by atoms with Crippen LogP contribution < -0.4 is 0 Å². The molecule has 86 valence electrons. The quantitative estimate of drug-likeness (QED) is 0.762. The van der Waals surface area contributed by atoms with Gasteiger partial charge in [-0.15, -0.1) is 0 Å². The molecule has 1 aromatic rings. The van der Waals surface area contributed by atoms with E-state index in [1.807, 2.05) is 6.07 Å². The van der Waals surface area contributed by atoms with Crippen LogP contribution in [0.1, 0.15) is 18.4 Å². The first-order valence-corrected chi connectivity index (χ1v) is 7.06. The zero-order valence-electron chi connectivity index (χ0n) is 8.69. The smallest absolute Gasteiger partial charge is 0.154 e. The Morgan fingerprint density at radius 2 is 2.00 bits per heavy atom. The van der Waals surface area contributed by atoms with Crippen LogP contribution in [0, 0.1) is 11.3 Å². The van der Waals surface area contributed by atoms with Gasteiger partial charge >= 0.3 is 0 Å². The molecule has 3 nitrogen and oxygen atoms in total. The maximum atomic E-state index is 11.7. The van der Waals surface area contributed by atoms with Crippen LogP contribution >= 0.6 is 11.6 Å². The molecule has 0 spiro atoms. The lowest BCUT2D eigenvalue weighted by atomic mass is 10.2. The highest BCUT2D eigenvalue weighted by atomic mass is 35.5. The zero-order chi connectivity index (χ0) is 12.0.